The van der Waals surface area contributed by atoms with Crippen molar-refractivity contribution in [2.24, 2.45) is 5.92 Å². The second-order valence-electron chi connectivity index (χ2n) is 4.90. The summed E-state index contributed by atoms with van der Waals surface area (Å²) in [4.78, 5) is 11.1. The molecular formula is C13H20ClN3. The Kier molecular flexibility index (Phi) is 3.87. The summed E-state index contributed by atoms with van der Waals surface area (Å²) in [6.45, 7) is 4.38. The molecule has 0 N–H and O–H groups in total. The average Bonchev–Trinajstić information content (AvgIpc) is 3.10. The summed E-state index contributed by atoms with van der Waals surface area (Å²) in [5.41, 5.74) is 0. The van der Waals surface area contributed by atoms with Gasteiger partial charge in [0.15, 0.2) is 0 Å². The Labute approximate surface area is 108 Å². The van der Waals surface area contributed by atoms with Crippen LogP contribution in [0.5, 0.6) is 0 Å². The molecule has 1 fully saturated rings. The molecule has 0 aromatic carbocycles. The summed E-state index contributed by atoms with van der Waals surface area (Å²) in [5.74, 6) is 2.63. The fourth-order valence-electron chi connectivity index (χ4n) is 2.07. The molecule has 1 heterocycles. The van der Waals surface area contributed by atoms with E-state index in [1.807, 2.05) is 6.07 Å². The lowest BCUT2D eigenvalue weighted by Gasteiger charge is -2.26. The third-order valence-electron chi connectivity index (χ3n) is 3.48. The maximum absolute atomic E-state index is 6.05. The Morgan fingerprint density at radius 1 is 1.47 bits per heavy atom. The van der Waals surface area contributed by atoms with E-state index in [0.29, 0.717) is 11.2 Å². The lowest BCUT2D eigenvalue weighted by molar-refractivity contribution is 0.601. The molecule has 1 aliphatic rings. The van der Waals surface area contributed by atoms with Gasteiger partial charge < -0.3 is 4.90 Å². The summed E-state index contributed by atoms with van der Waals surface area (Å²) in [7, 11) is 2.09. The van der Waals surface area contributed by atoms with E-state index in [2.05, 4.69) is 35.8 Å². The van der Waals surface area contributed by atoms with Crippen LogP contribution in [0.2, 0.25) is 5.15 Å². The van der Waals surface area contributed by atoms with Crippen molar-refractivity contribution in [1.82, 2.24) is 9.97 Å². The molecule has 4 heteroatoms. The predicted molar refractivity (Wildman–Crippen MR) is 71.6 cm³/mol. The van der Waals surface area contributed by atoms with Crippen LogP contribution in [0.15, 0.2) is 6.07 Å². The van der Waals surface area contributed by atoms with Crippen molar-refractivity contribution >= 4 is 17.4 Å². The van der Waals surface area contributed by atoms with E-state index in [1.54, 1.807) is 0 Å². The Morgan fingerprint density at radius 3 is 2.76 bits per heavy atom. The average molecular weight is 254 g/mol. The van der Waals surface area contributed by atoms with Crippen molar-refractivity contribution in [2.45, 2.75) is 45.6 Å². The molecule has 1 atom stereocenters. The van der Waals surface area contributed by atoms with Gasteiger partial charge in [-0.15, -0.1) is 0 Å². The van der Waals surface area contributed by atoms with Crippen LogP contribution in [-0.2, 0) is 6.42 Å². The largest absolute Gasteiger partial charge is 0.357 e. The van der Waals surface area contributed by atoms with Crippen LogP contribution in [-0.4, -0.2) is 23.1 Å². The number of aryl methyl sites for hydroxylation is 1. The van der Waals surface area contributed by atoms with E-state index in [0.717, 1.165) is 30.4 Å². The number of nitrogens with zero attached hydrogens (tertiary/aromatic N) is 3. The molecule has 0 aliphatic heterocycles. The van der Waals surface area contributed by atoms with Crippen LogP contribution < -0.4 is 4.90 Å². The van der Waals surface area contributed by atoms with Crippen molar-refractivity contribution in [3.05, 3.63) is 17.0 Å². The number of hydrogen-bond donors (Lipinski definition) is 0. The molecular weight excluding hydrogens is 234 g/mol. The minimum Gasteiger partial charge on any atom is -0.357 e. The Hall–Kier alpha value is -0.830. The van der Waals surface area contributed by atoms with Gasteiger partial charge in [-0.05, 0) is 32.1 Å². The van der Waals surface area contributed by atoms with Gasteiger partial charge in [0.1, 0.15) is 16.8 Å². The SMILES string of the molecule is CCCc1nc(Cl)cc(N(C)C(C)C2CC2)n1. The zero-order valence-corrected chi connectivity index (χ0v) is 11.5. The predicted octanol–water partition coefficient (Wildman–Crippen LogP) is 3.32. The smallest absolute Gasteiger partial charge is 0.134 e. The highest BCUT2D eigenvalue weighted by atomic mass is 35.5. The van der Waals surface area contributed by atoms with E-state index in [-0.39, 0.29) is 0 Å². The van der Waals surface area contributed by atoms with Crippen LogP contribution >= 0.6 is 11.6 Å². The second-order valence-corrected chi connectivity index (χ2v) is 5.29. The first-order valence-corrected chi connectivity index (χ1v) is 6.76. The van der Waals surface area contributed by atoms with Crippen molar-refractivity contribution in [3.8, 4) is 0 Å². The monoisotopic (exact) mass is 253 g/mol. The van der Waals surface area contributed by atoms with Gasteiger partial charge in [-0.2, -0.15) is 0 Å². The second kappa shape index (κ2) is 5.21. The summed E-state index contributed by atoms with van der Waals surface area (Å²) >= 11 is 6.05. The van der Waals surface area contributed by atoms with Gasteiger partial charge in [0.05, 0.1) is 0 Å². The Bertz CT molecular complexity index is 390. The van der Waals surface area contributed by atoms with Gasteiger partial charge in [0.25, 0.3) is 0 Å². The first-order valence-electron chi connectivity index (χ1n) is 6.38. The molecule has 1 aromatic rings. The number of hydrogen-bond acceptors (Lipinski definition) is 3. The zero-order chi connectivity index (χ0) is 12.4. The minimum atomic E-state index is 0.537. The number of anilines is 1. The molecule has 0 spiro atoms. The van der Waals surface area contributed by atoms with Crippen molar-refractivity contribution < 1.29 is 0 Å². The van der Waals surface area contributed by atoms with Crippen LogP contribution in [0.3, 0.4) is 0 Å². The molecule has 1 saturated carbocycles. The molecule has 3 nitrogen and oxygen atoms in total. The van der Waals surface area contributed by atoms with E-state index in [1.165, 1.54) is 12.8 Å². The topological polar surface area (TPSA) is 29.0 Å². The first-order chi connectivity index (χ1) is 8.11. The summed E-state index contributed by atoms with van der Waals surface area (Å²) < 4.78 is 0. The third-order valence-corrected chi connectivity index (χ3v) is 3.67. The van der Waals surface area contributed by atoms with Gasteiger partial charge in [0, 0.05) is 25.6 Å². The van der Waals surface area contributed by atoms with Crippen molar-refractivity contribution in [1.29, 1.82) is 0 Å². The molecule has 1 aliphatic carbocycles. The lowest BCUT2D eigenvalue weighted by atomic mass is 10.2. The molecule has 0 amide bonds. The van der Waals surface area contributed by atoms with E-state index in [9.17, 15) is 0 Å². The molecule has 2 rings (SSSR count). The first kappa shape index (κ1) is 12.6. The summed E-state index contributed by atoms with van der Waals surface area (Å²) in [5, 5.41) is 0.549. The van der Waals surface area contributed by atoms with E-state index < -0.39 is 0 Å². The molecule has 17 heavy (non-hydrogen) atoms. The van der Waals surface area contributed by atoms with Crippen LogP contribution in [0.1, 0.15) is 38.9 Å². The standard InChI is InChI=1S/C13H20ClN3/c1-4-5-12-15-11(14)8-13(16-12)17(3)9(2)10-6-7-10/h8-10H,4-7H2,1-3H3. The molecule has 0 saturated heterocycles. The fraction of sp³-hybridized carbons (Fsp3) is 0.692. The Balaban J connectivity index is 2.18. The summed E-state index contributed by atoms with van der Waals surface area (Å²) in [6, 6.07) is 2.40. The highest BCUT2D eigenvalue weighted by Gasteiger charge is 2.31. The van der Waals surface area contributed by atoms with Crippen molar-refractivity contribution in [3.63, 3.8) is 0 Å². The Morgan fingerprint density at radius 2 is 2.18 bits per heavy atom. The number of aromatic nitrogens is 2. The molecule has 1 aromatic heterocycles. The fourth-order valence-corrected chi connectivity index (χ4v) is 2.27. The lowest BCUT2D eigenvalue weighted by Crippen LogP contribution is -2.31. The van der Waals surface area contributed by atoms with Crippen LogP contribution in [0, 0.1) is 5.92 Å². The number of halogens is 1. The normalized spacial score (nSPS) is 16.9. The number of rotatable bonds is 5. The quantitative estimate of drug-likeness (QED) is 0.754. The van der Waals surface area contributed by atoms with Crippen LogP contribution in [0.25, 0.3) is 0 Å². The minimum absolute atomic E-state index is 0.537. The highest BCUT2D eigenvalue weighted by Crippen LogP contribution is 2.36. The zero-order valence-electron chi connectivity index (χ0n) is 10.8. The van der Waals surface area contributed by atoms with Gasteiger partial charge in [-0.3, -0.25) is 0 Å². The molecule has 0 bridgehead atoms. The van der Waals surface area contributed by atoms with Gasteiger partial charge in [-0.1, -0.05) is 18.5 Å². The van der Waals surface area contributed by atoms with E-state index >= 15 is 0 Å². The van der Waals surface area contributed by atoms with Crippen molar-refractivity contribution in [2.75, 3.05) is 11.9 Å². The van der Waals surface area contributed by atoms with Gasteiger partial charge in [0.2, 0.25) is 0 Å². The van der Waals surface area contributed by atoms with Gasteiger partial charge in [-0.25, -0.2) is 9.97 Å². The molecule has 0 radical (unpaired) electrons. The maximum atomic E-state index is 6.05. The maximum Gasteiger partial charge on any atom is 0.134 e. The van der Waals surface area contributed by atoms with E-state index in [4.69, 9.17) is 11.6 Å². The summed E-state index contributed by atoms with van der Waals surface area (Å²) in [6.07, 6.45) is 4.61. The molecule has 94 valence electrons. The van der Waals surface area contributed by atoms with Gasteiger partial charge >= 0.3 is 0 Å². The molecule has 1 unspecified atom stereocenters. The van der Waals surface area contributed by atoms with Crippen LogP contribution in [0.4, 0.5) is 5.82 Å². The highest BCUT2D eigenvalue weighted by molar-refractivity contribution is 6.29. The third kappa shape index (κ3) is 3.09.